The molecule has 5 nitrogen and oxygen atoms in total. The van der Waals surface area contributed by atoms with Gasteiger partial charge in [0.15, 0.2) is 0 Å². The van der Waals surface area contributed by atoms with Crippen LogP contribution in [0.15, 0.2) is 36.2 Å². The standard InChI is InChI=1S/C9H8N4OS/c14-9(12-13-6-10-11-7-13)4-3-8-2-1-5-15-8/h1-7H,(H,12,14). The van der Waals surface area contributed by atoms with Crippen LogP contribution in [0, 0.1) is 0 Å². The lowest BCUT2D eigenvalue weighted by atomic mass is 10.4. The Labute approximate surface area is 90.0 Å². The van der Waals surface area contributed by atoms with Crippen molar-refractivity contribution in [1.29, 1.82) is 0 Å². The van der Waals surface area contributed by atoms with Crippen LogP contribution in [-0.2, 0) is 4.79 Å². The molecule has 0 aromatic carbocycles. The highest BCUT2D eigenvalue weighted by Gasteiger charge is 1.95. The smallest absolute Gasteiger partial charge is 0.262 e. The first kappa shape index (κ1) is 9.60. The average molecular weight is 220 g/mol. The van der Waals surface area contributed by atoms with E-state index in [1.807, 2.05) is 17.5 Å². The quantitative estimate of drug-likeness (QED) is 0.788. The van der Waals surface area contributed by atoms with E-state index < -0.39 is 0 Å². The monoisotopic (exact) mass is 220 g/mol. The highest BCUT2D eigenvalue weighted by atomic mass is 32.1. The van der Waals surface area contributed by atoms with Crippen LogP contribution in [0.4, 0.5) is 0 Å². The summed E-state index contributed by atoms with van der Waals surface area (Å²) >= 11 is 1.57. The average Bonchev–Trinajstić information content (AvgIpc) is 2.86. The van der Waals surface area contributed by atoms with Crippen LogP contribution in [0.5, 0.6) is 0 Å². The van der Waals surface area contributed by atoms with Gasteiger partial charge in [0.1, 0.15) is 12.7 Å². The van der Waals surface area contributed by atoms with E-state index in [-0.39, 0.29) is 5.91 Å². The fraction of sp³-hybridized carbons (Fsp3) is 0. The fourth-order valence-corrected chi connectivity index (χ4v) is 1.58. The Morgan fingerprint density at radius 1 is 1.47 bits per heavy atom. The Hall–Kier alpha value is -1.95. The number of rotatable bonds is 3. The maximum atomic E-state index is 11.3. The molecule has 0 aliphatic carbocycles. The van der Waals surface area contributed by atoms with Gasteiger partial charge >= 0.3 is 0 Å². The molecule has 0 unspecified atom stereocenters. The van der Waals surface area contributed by atoms with Crippen molar-refractivity contribution < 1.29 is 4.79 Å². The van der Waals surface area contributed by atoms with Gasteiger partial charge in [-0.15, -0.1) is 21.5 Å². The number of carbonyl (C=O) groups excluding carboxylic acids is 1. The van der Waals surface area contributed by atoms with Crippen LogP contribution in [0.25, 0.3) is 6.08 Å². The summed E-state index contributed by atoms with van der Waals surface area (Å²) in [7, 11) is 0. The molecule has 2 aromatic rings. The Kier molecular flexibility index (Phi) is 2.89. The van der Waals surface area contributed by atoms with Gasteiger partial charge in [0.05, 0.1) is 0 Å². The number of amides is 1. The van der Waals surface area contributed by atoms with Crippen LogP contribution in [0.3, 0.4) is 0 Å². The molecule has 0 aliphatic rings. The lowest BCUT2D eigenvalue weighted by molar-refractivity contribution is -0.112. The van der Waals surface area contributed by atoms with Crippen molar-refractivity contribution in [3.05, 3.63) is 41.1 Å². The van der Waals surface area contributed by atoms with E-state index >= 15 is 0 Å². The molecule has 2 rings (SSSR count). The van der Waals surface area contributed by atoms with Crippen LogP contribution < -0.4 is 5.43 Å². The molecule has 0 bridgehead atoms. The van der Waals surface area contributed by atoms with Gasteiger partial charge in [0.2, 0.25) is 0 Å². The molecule has 1 N–H and O–H groups in total. The van der Waals surface area contributed by atoms with Gasteiger partial charge in [-0.25, -0.2) is 4.68 Å². The molecule has 0 saturated heterocycles. The zero-order valence-corrected chi connectivity index (χ0v) is 8.52. The number of hydrogen-bond donors (Lipinski definition) is 1. The molecule has 1 amide bonds. The summed E-state index contributed by atoms with van der Waals surface area (Å²) in [5.74, 6) is -0.219. The first-order valence-electron chi connectivity index (χ1n) is 4.22. The van der Waals surface area contributed by atoms with Crippen molar-refractivity contribution in [3.8, 4) is 0 Å². The number of aromatic nitrogens is 3. The molecule has 0 fully saturated rings. The lowest BCUT2D eigenvalue weighted by Crippen LogP contribution is -2.18. The van der Waals surface area contributed by atoms with Crippen molar-refractivity contribution in [3.63, 3.8) is 0 Å². The van der Waals surface area contributed by atoms with E-state index in [1.165, 1.54) is 23.4 Å². The summed E-state index contributed by atoms with van der Waals surface area (Å²) in [6.45, 7) is 0. The Bertz CT molecular complexity index is 446. The normalized spacial score (nSPS) is 10.7. The summed E-state index contributed by atoms with van der Waals surface area (Å²) in [6, 6.07) is 3.87. The van der Waals surface area contributed by atoms with E-state index in [9.17, 15) is 4.79 Å². The highest BCUT2D eigenvalue weighted by Crippen LogP contribution is 2.09. The minimum absolute atomic E-state index is 0.219. The van der Waals surface area contributed by atoms with Crippen molar-refractivity contribution in [1.82, 2.24) is 14.9 Å². The molecule has 15 heavy (non-hydrogen) atoms. The van der Waals surface area contributed by atoms with Crippen LogP contribution in [0.1, 0.15) is 4.88 Å². The van der Waals surface area contributed by atoms with E-state index in [2.05, 4.69) is 15.6 Å². The van der Waals surface area contributed by atoms with Gasteiger partial charge in [-0.2, -0.15) is 0 Å². The van der Waals surface area contributed by atoms with Crippen molar-refractivity contribution >= 4 is 23.3 Å². The predicted octanol–water partition coefficient (Wildman–Crippen LogP) is 1.12. The van der Waals surface area contributed by atoms with Gasteiger partial charge in [0, 0.05) is 11.0 Å². The third-order valence-corrected chi connectivity index (χ3v) is 2.44. The maximum absolute atomic E-state index is 11.3. The van der Waals surface area contributed by atoms with E-state index in [0.29, 0.717) is 0 Å². The SMILES string of the molecule is O=C(C=Cc1cccs1)Nn1cnnc1. The molecule has 0 radical (unpaired) electrons. The summed E-state index contributed by atoms with van der Waals surface area (Å²) in [5.41, 5.74) is 2.55. The second-order valence-electron chi connectivity index (χ2n) is 2.69. The third-order valence-electron chi connectivity index (χ3n) is 1.60. The molecule has 2 heterocycles. The van der Waals surface area contributed by atoms with Crippen LogP contribution in [0.2, 0.25) is 0 Å². The first-order valence-corrected chi connectivity index (χ1v) is 5.10. The van der Waals surface area contributed by atoms with Gasteiger partial charge in [-0.3, -0.25) is 10.2 Å². The van der Waals surface area contributed by atoms with E-state index in [4.69, 9.17) is 0 Å². The van der Waals surface area contributed by atoms with Crippen molar-refractivity contribution in [2.24, 2.45) is 0 Å². The topological polar surface area (TPSA) is 59.8 Å². The number of nitrogens with one attached hydrogen (secondary N) is 1. The van der Waals surface area contributed by atoms with Gasteiger partial charge in [-0.05, 0) is 17.5 Å². The Morgan fingerprint density at radius 3 is 2.93 bits per heavy atom. The molecule has 0 saturated carbocycles. The molecular formula is C9H8N4OS. The molecule has 0 spiro atoms. The van der Waals surface area contributed by atoms with Gasteiger partial charge < -0.3 is 0 Å². The predicted molar refractivity (Wildman–Crippen MR) is 57.7 cm³/mol. The molecule has 76 valence electrons. The highest BCUT2D eigenvalue weighted by molar-refractivity contribution is 7.10. The van der Waals surface area contributed by atoms with Crippen molar-refractivity contribution in [2.45, 2.75) is 0 Å². The van der Waals surface area contributed by atoms with Gasteiger partial charge in [-0.1, -0.05) is 6.07 Å². The number of carbonyl (C=O) groups is 1. The molecule has 0 atom stereocenters. The Morgan fingerprint density at radius 2 is 2.27 bits per heavy atom. The van der Waals surface area contributed by atoms with Crippen molar-refractivity contribution in [2.75, 3.05) is 5.43 Å². The van der Waals surface area contributed by atoms with E-state index in [0.717, 1.165) is 4.88 Å². The largest absolute Gasteiger partial charge is 0.268 e. The van der Waals surface area contributed by atoms with Crippen LogP contribution >= 0.6 is 11.3 Å². The number of nitrogens with zero attached hydrogens (tertiary/aromatic N) is 3. The first-order chi connectivity index (χ1) is 7.34. The van der Waals surface area contributed by atoms with E-state index in [1.54, 1.807) is 17.4 Å². The zero-order valence-electron chi connectivity index (χ0n) is 7.70. The maximum Gasteiger partial charge on any atom is 0.262 e. The summed E-state index contributed by atoms with van der Waals surface area (Å²) in [5, 5.41) is 9.08. The molecule has 6 heteroatoms. The van der Waals surface area contributed by atoms with Crippen LogP contribution in [-0.4, -0.2) is 20.8 Å². The minimum atomic E-state index is -0.219. The number of hydrogen-bond acceptors (Lipinski definition) is 4. The second kappa shape index (κ2) is 4.52. The second-order valence-corrected chi connectivity index (χ2v) is 3.67. The molecule has 0 aliphatic heterocycles. The summed E-state index contributed by atoms with van der Waals surface area (Å²) in [6.07, 6.45) is 6.05. The lowest BCUT2D eigenvalue weighted by Gasteiger charge is -1.98. The molecule has 2 aromatic heterocycles. The minimum Gasteiger partial charge on any atom is -0.268 e. The Balaban J connectivity index is 1.93. The summed E-state index contributed by atoms with van der Waals surface area (Å²) in [4.78, 5) is 12.4. The fourth-order valence-electron chi connectivity index (χ4n) is 0.967. The van der Waals surface area contributed by atoms with Gasteiger partial charge in [0.25, 0.3) is 5.91 Å². The zero-order chi connectivity index (χ0) is 10.5. The summed E-state index contributed by atoms with van der Waals surface area (Å²) < 4.78 is 1.39. The third kappa shape index (κ3) is 2.75. The molecular weight excluding hydrogens is 212 g/mol. The number of thiophene rings is 1.